The summed E-state index contributed by atoms with van der Waals surface area (Å²) in [6, 6.07) is 17.4. The number of aromatic nitrogens is 2. The van der Waals surface area contributed by atoms with Gasteiger partial charge < -0.3 is 15.5 Å². The molecule has 0 aliphatic carbocycles. The van der Waals surface area contributed by atoms with Crippen molar-refractivity contribution in [3.8, 4) is 0 Å². The van der Waals surface area contributed by atoms with Crippen molar-refractivity contribution >= 4 is 28.9 Å². The van der Waals surface area contributed by atoms with Crippen LogP contribution in [0.25, 0.3) is 0 Å². The molecule has 2 N–H and O–H groups in total. The molecule has 0 atom stereocenters. The predicted molar refractivity (Wildman–Crippen MR) is 112 cm³/mol. The topological polar surface area (TPSA) is 70.2 Å². The van der Waals surface area contributed by atoms with Gasteiger partial charge in [-0.25, -0.2) is 4.39 Å². The number of nitrogens with one attached hydrogen (secondary N) is 2. The molecule has 1 aromatic heterocycles. The second kappa shape index (κ2) is 8.68. The number of anilines is 4. The molecule has 6 nitrogen and oxygen atoms in total. The molecule has 0 saturated carbocycles. The minimum atomic E-state index is -0.579. The van der Waals surface area contributed by atoms with E-state index < -0.39 is 11.7 Å². The van der Waals surface area contributed by atoms with Gasteiger partial charge in [0.05, 0.1) is 5.56 Å². The molecular weight excluding hydrogens is 369 g/mol. The molecule has 0 radical (unpaired) electrons. The number of rotatable bonds is 5. The molecule has 1 amide bonds. The van der Waals surface area contributed by atoms with Gasteiger partial charge in [0.1, 0.15) is 5.82 Å². The van der Waals surface area contributed by atoms with E-state index in [-0.39, 0.29) is 11.4 Å². The van der Waals surface area contributed by atoms with E-state index in [1.54, 1.807) is 18.2 Å². The number of hydrogen-bond acceptors (Lipinski definition) is 5. The first-order valence-electron chi connectivity index (χ1n) is 9.71. The Bertz CT molecular complexity index is 969. The second-order valence-electron chi connectivity index (χ2n) is 6.96. The van der Waals surface area contributed by atoms with Gasteiger partial charge in [-0.15, -0.1) is 10.2 Å². The number of amides is 1. The molecule has 0 spiro atoms. The summed E-state index contributed by atoms with van der Waals surface area (Å²) in [5, 5.41) is 13.8. The Morgan fingerprint density at radius 2 is 1.55 bits per heavy atom. The smallest absolute Gasteiger partial charge is 0.259 e. The highest BCUT2D eigenvalue weighted by Gasteiger charge is 2.12. The van der Waals surface area contributed by atoms with Crippen molar-refractivity contribution < 1.29 is 9.18 Å². The minimum Gasteiger partial charge on any atom is -0.372 e. The van der Waals surface area contributed by atoms with E-state index in [4.69, 9.17) is 0 Å². The van der Waals surface area contributed by atoms with Gasteiger partial charge in [0.15, 0.2) is 11.6 Å². The minimum absolute atomic E-state index is 0.0368. The van der Waals surface area contributed by atoms with Crippen LogP contribution in [-0.2, 0) is 0 Å². The summed E-state index contributed by atoms with van der Waals surface area (Å²) < 4.78 is 13.7. The van der Waals surface area contributed by atoms with Gasteiger partial charge in [0.2, 0.25) is 0 Å². The first-order chi connectivity index (χ1) is 14.2. The van der Waals surface area contributed by atoms with E-state index in [1.807, 2.05) is 12.1 Å². The van der Waals surface area contributed by atoms with Crippen LogP contribution in [0.15, 0.2) is 60.7 Å². The van der Waals surface area contributed by atoms with E-state index in [1.165, 1.54) is 43.1 Å². The zero-order valence-corrected chi connectivity index (χ0v) is 15.9. The summed E-state index contributed by atoms with van der Waals surface area (Å²) in [5.74, 6) is -0.334. The monoisotopic (exact) mass is 391 g/mol. The van der Waals surface area contributed by atoms with Crippen molar-refractivity contribution in [2.75, 3.05) is 28.6 Å². The molecule has 1 aliphatic heterocycles. The van der Waals surface area contributed by atoms with Crippen LogP contribution >= 0.6 is 0 Å². The zero-order chi connectivity index (χ0) is 20.1. The molecule has 2 heterocycles. The quantitative estimate of drug-likeness (QED) is 0.665. The van der Waals surface area contributed by atoms with Crippen molar-refractivity contribution in [1.82, 2.24) is 10.2 Å². The lowest BCUT2D eigenvalue weighted by atomic mass is 10.1. The van der Waals surface area contributed by atoms with Crippen molar-refractivity contribution in [2.45, 2.75) is 19.3 Å². The van der Waals surface area contributed by atoms with Gasteiger partial charge in [-0.2, -0.15) is 0 Å². The summed E-state index contributed by atoms with van der Waals surface area (Å²) in [4.78, 5) is 14.5. The average molecular weight is 391 g/mol. The summed E-state index contributed by atoms with van der Waals surface area (Å²) in [7, 11) is 0. The Morgan fingerprint density at radius 3 is 2.24 bits per heavy atom. The predicted octanol–water partition coefficient (Wildman–Crippen LogP) is 4.60. The largest absolute Gasteiger partial charge is 0.372 e. The Balaban J connectivity index is 1.37. The third-order valence-electron chi connectivity index (χ3n) is 4.89. The van der Waals surface area contributed by atoms with Crippen molar-refractivity contribution in [3.63, 3.8) is 0 Å². The molecule has 0 unspecified atom stereocenters. The van der Waals surface area contributed by atoms with Crippen LogP contribution in [0, 0.1) is 5.82 Å². The van der Waals surface area contributed by atoms with Gasteiger partial charge >= 0.3 is 0 Å². The molecule has 148 valence electrons. The lowest BCUT2D eigenvalue weighted by molar-refractivity contribution is 0.102. The zero-order valence-electron chi connectivity index (χ0n) is 15.9. The fourth-order valence-electron chi connectivity index (χ4n) is 3.35. The van der Waals surface area contributed by atoms with E-state index in [0.717, 1.165) is 18.8 Å². The second-order valence-corrected chi connectivity index (χ2v) is 6.96. The third kappa shape index (κ3) is 4.68. The molecule has 2 aromatic carbocycles. The molecular formula is C22H22FN5O. The third-order valence-corrected chi connectivity index (χ3v) is 4.89. The van der Waals surface area contributed by atoms with Crippen molar-refractivity contribution in [3.05, 3.63) is 72.0 Å². The Labute approximate surface area is 168 Å². The van der Waals surface area contributed by atoms with E-state index >= 15 is 0 Å². The maximum Gasteiger partial charge on any atom is 0.259 e. The van der Waals surface area contributed by atoms with Gasteiger partial charge in [-0.05, 0) is 67.8 Å². The van der Waals surface area contributed by atoms with Crippen molar-refractivity contribution in [1.29, 1.82) is 0 Å². The molecule has 29 heavy (non-hydrogen) atoms. The fourth-order valence-corrected chi connectivity index (χ4v) is 3.35. The van der Waals surface area contributed by atoms with E-state index in [0.29, 0.717) is 5.82 Å². The molecule has 7 heteroatoms. The number of halogens is 1. The van der Waals surface area contributed by atoms with Crippen LogP contribution in [0.2, 0.25) is 0 Å². The van der Waals surface area contributed by atoms with Crippen LogP contribution in [-0.4, -0.2) is 29.2 Å². The first-order valence-corrected chi connectivity index (χ1v) is 9.71. The standard InChI is InChI=1S/C22H22FN5O/c23-19-7-3-2-6-18(19)22(29)25-21-13-12-20(26-27-21)24-16-8-10-17(11-9-16)28-14-4-1-5-15-28/h2-3,6-13H,1,4-5,14-15H2,(H,24,26)(H,25,27,29). The van der Waals surface area contributed by atoms with Crippen LogP contribution in [0.3, 0.4) is 0 Å². The fraction of sp³-hybridized carbons (Fsp3) is 0.227. The number of carbonyl (C=O) groups is 1. The Kier molecular flexibility index (Phi) is 5.65. The molecule has 0 bridgehead atoms. The maximum atomic E-state index is 13.7. The van der Waals surface area contributed by atoms with Crippen LogP contribution < -0.4 is 15.5 Å². The maximum absolute atomic E-state index is 13.7. The van der Waals surface area contributed by atoms with Gasteiger partial charge in [-0.3, -0.25) is 4.79 Å². The normalized spacial score (nSPS) is 13.8. The first kappa shape index (κ1) is 18.9. The van der Waals surface area contributed by atoms with Gasteiger partial charge in [-0.1, -0.05) is 12.1 Å². The van der Waals surface area contributed by atoms with Crippen LogP contribution in [0.1, 0.15) is 29.6 Å². The van der Waals surface area contributed by atoms with Crippen molar-refractivity contribution in [2.24, 2.45) is 0 Å². The highest BCUT2D eigenvalue weighted by atomic mass is 19.1. The highest BCUT2D eigenvalue weighted by molar-refractivity contribution is 6.03. The number of piperidine rings is 1. The number of carbonyl (C=O) groups excluding carboxylic acids is 1. The molecule has 1 aliphatic rings. The van der Waals surface area contributed by atoms with Crippen LogP contribution in [0.5, 0.6) is 0 Å². The van der Waals surface area contributed by atoms with Gasteiger partial charge in [0.25, 0.3) is 5.91 Å². The number of hydrogen-bond donors (Lipinski definition) is 2. The Morgan fingerprint density at radius 1 is 0.862 bits per heavy atom. The lowest BCUT2D eigenvalue weighted by Crippen LogP contribution is -2.29. The van der Waals surface area contributed by atoms with E-state index in [2.05, 4.69) is 37.9 Å². The van der Waals surface area contributed by atoms with Crippen LogP contribution in [0.4, 0.5) is 27.4 Å². The molecule has 1 saturated heterocycles. The lowest BCUT2D eigenvalue weighted by Gasteiger charge is -2.28. The number of benzene rings is 2. The summed E-state index contributed by atoms with van der Waals surface area (Å²) in [6.45, 7) is 2.22. The number of nitrogens with zero attached hydrogens (tertiary/aromatic N) is 3. The average Bonchev–Trinajstić information content (AvgIpc) is 2.76. The SMILES string of the molecule is O=C(Nc1ccc(Nc2ccc(N3CCCCC3)cc2)nn1)c1ccccc1F. The Hall–Kier alpha value is -3.48. The molecule has 1 fully saturated rings. The molecule has 4 rings (SSSR count). The molecule has 3 aromatic rings. The summed E-state index contributed by atoms with van der Waals surface area (Å²) in [5.41, 5.74) is 2.10. The summed E-state index contributed by atoms with van der Waals surface area (Å²) >= 11 is 0. The summed E-state index contributed by atoms with van der Waals surface area (Å²) in [6.07, 6.45) is 3.80. The highest BCUT2D eigenvalue weighted by Crippen LogP contribution is 2.23. The van der Waals surface area contributed by atoms with Gasteiger partial charge in [0, 0.05) is 24.5 Å². The van der Waals surface area contributed by atoms with E-state index in [9.17, 15) is 9.18 Å².